The maximum atomic E-state index is 12.6. The van der Waals surface area contributed by atoms with E-state index >= 15 is 0 Å². The average Bonchev–Trinajstić information content (AvgIpc) is 3.24. The lowest BCUT2D eigenvalue weighted by molar-refractivity contribution is -0.142. The van der Waals surface area contributed by atoms with Gasteiger partial charge in [-0.05, 0) is 6.07 Å². The summed E-state index contributed by atoms with van der Waals surface area (Å²) in [4.78, 5) is 29.7. The van der Waals surface area contributed by atoms with Crippen molar-refractivity contribution in [1.29, 1.82) is 0 Å². The predicted octanol–water partition coefficient (Wildman–Crippen LogP) is 2.10. The van der Waals surface area contributed by atoms with Crippen molar-refractivity contribution in [3.05, 3.63) is 35.0 Å². The second kappa shape index (κ2) is 5.95. The Balaban J connectivity index is 1.39. The summed E-state index contributed by atoms with van der Waals surface area (Å²) in [5.41, 5.74) is -0.950. The second-order valence-electron chi connectivity index (χ2n) is 6.31. The Bertz CT molecular complexity index is 784. The van der Waals surface area contributed by atoms with Crippen LogP contribution in [0.4, 0.5) is 19.0 Å². The number of anilines is 1. The summed E-state index contributed by atoms with van der Waals surface area (Å²) in [7, 11) is 0. The molecule has 0 saturated carbocycles. The van der Waals surface area contributed by atoms with Crippen LogP contribution in [0.1, 0.15) is 5.56 Å². The van der Waals surface area contributed by atoms with Crippen LogP contribution in [0.15, 0.2) is 24.4 Å². The van der Waals surface area contributed by atoms with Gasteiger partial charge in [-0.25, -0.2) is 4.98 Å². The molecule has 1 N–H and O–H groups in total. The van der Waals surface area contributed by atoms with Crippen molar-refractivity contribution in [2.75, 3.05) is 18.4 Å². The van der Waals surface area contributed by atoms with Gasteiger partial charge in [0.15, 0.2) is 0 Å². The zero-order chi connectivity index (χ0) is 18.6. The van der Waals surface area contributed by atoms with Crippen LogP contribution in [0.3, 0.4) is 0 Å². The number of carbonyl (C=O) groups is 2. The van der Waals surface area contributed by atoms with Gasteiger partial charge in [0.05, 0.1) is 34.6 Å². The average molecular weight is 388 g/mol. The molecular weight excluding hydrogens is 375 g/mol. The smallest absolute Gasteiger partial charge is 0.367 e. The first kappa shape index (κ1) is 17.3. The number of aromatic nitrogens is 1. The Hall–Kier alpha value is -2.13. The lowest BCUT2D eigenvalue weighted by Crippen LogP contribution is -2.37. The van der Waals surface area contributed by atoms with Crippen LogP contribution in [0.5, 0.6) is 0 Å². The van der Waals surface area contributed by atoms with E-state index in [1.807, 2.05) is 0 Å². The number of alkyl halides is 3. The molecule has 0 aromatic carbocycles. The van der Waals surface area contributed by atoms with Crippen molar-refractivity contribution in [1.82, 2.24) is 9.88 Å². The highest BCUT2D eigenvalue weighted by molar-refractivity contribution is 6.33. The number of imide groups is 1. The van der Waals surface area contributed by atoms with Gasteiger partial charge in [-0.15, -0.1) is 0 Å². The largest absolute Gasteiger partial charge is 0.417 e. The molecule has 1 aromatic rings. The van der Waals surface area contributed by atoms with Crippen LogP contribution in [-0.4, -0.2) is 47.0 Å². The van der Waals surface area contributed by atoms with Gasteiger partial charge in [0.1, 0.15) is 5.82 Å². The van der Waals surface area contributed by atoms with Gasteiger partial charge >= 0.3 is 6.18 Å². The van der Waals surface area contributed by atoms with Crippen molar-refractivity contribution in [3.8, 4) is 0 Å². The normalized spacial score (nSPS) is 29.6. The molecule has 4 heterocycles. The highest BCUT2D eigenvalue weighted by Gasteiger charge is 2.60. The van der Waals surface area contributed by atoms with Crippen molar-refractivity contribution in [3.63, 3.8) is 0 Å². The van der Waals surface area contributed by atoms with Crippen LogP contribution < -0.4 is 5.32 Å². The van der Waals surface area contributed by atoms with Gasteiger partial charge in [-0.2, -0.15) is 13.2 Å². The van der Waals surface area contributed by atoms with Crippen molar-refractivity contribution in [2.24, 2.45) is 11.8 Å². The highest BCUT2D eigenvalue weighted by atomic mass is 35.5. The quantitative estimate of drug-likeness (QED) is 0.633. The molecule has 3 aliphatic rings. The summed E-state index contributed by atoms with van der Waals surface area (Å²) in [6, 6.07) is 0.772. The number of likely N-dealkylation sites (tertiary alicyclic amines) is 1. The molecule has 0 unspecified atom stereocenters. The Morgan fingerprint density at radius 2 is 1.81 bits per heavy atom. The molecule has 2 saturated heterocycles. The fourth-order valence-corrected chi connectivity index (χ4v) is 3.83. The molecule has 0 aliphatic carbocycles. The number of pyridine rings is 1. The zero-order valence-corrected chi connectivity index (χ0v) is 13.9. The molecule has 3 aliphatic heterocycles. The van der Waals surface area contributed by atoms with Gasteiger partial charge in [0, 0.05) is 19.3 Å². The third kappa shape index (κ3) is 2.66. The molecule has 2 bridgehead atoms. The first-order valence-corrected chi connectivity index (χ1v) is 8.31. The zero-order valence-electron chi connectivity index (χ0n) is 13.2. The van der Waals surface area contributed by atoms with Gasteiger partial charge in [-0.3, -0.25) is 14.5 Å². The summed E-state index contributed by atoms with van der Waals surface area (Å²) < 4.78 is 43.4. The van der Waals surface area contributed by atoms with Crippen LogP contribution in [0.25, 0.3) is 0 Å². The topological polar surface area (TPSA) is 71.5 Å². The van der Waals surface area contributed by atoms with Crippen molar-refractivity contribution in [2.45, 2.75) is 18.4 Å². The van der Waals surface area contributed by atoms with Crippen molar-refractivity contribution < 1.29 is 27.5 Å². The molecule has 138 valence electrons. The van der Waals surface area contributed by atoms with E-state index in [1.165, 1.54) is 0 Å². The molecular formula is C16H13ClF3N3O3. The van der Waals surface area contributed by atoms with Crippen LogP contribution in [-0.2, 0) is 20.5 Å². The third-order valence-electron chi connectivity index (χ3n) is 4.80. The van der Waals surface area contributed by atoms with E-state index in [1.54, 1.807) is 12.2 Å². The summed E-state index contributed by atoms with van der Waals surface area (Å²) in [5.74, 6) is -1.48. The second-order valence-corrected chi connectivity index (χ2v) is 6.72. The third-order valence-corrected chi connectivity index (χ3v) is 5.09. The maximum absolute atomic E-state index is 12.6. The first-order valence-electron chi connectivity index (χ1n) is 7.93. The Morgan fingerprint density at radius 3 is 2.35 bits per heavy atom. The number of halogens is 4. The van der Waals surface area contributed by atoms with Gasteiger partial charge in [0.25, 0.3) is 0 Å². The minimum atomic E-state index is -4.53. The summed E-state index contributed by atoms with van der Waals surface area (Å²) in [6.07, 6.45) is -0.978. The fourth-order valence-electron chi connectivity index (χ4n) is 3.59. The number of hydrogen-bond donors (Lipinski definition) is 1. The summed E-state index contributed by atoms with van der Waals surface area (Å²) in [5, 5.41) is 2.57. The molecule has 2 amide bonds. The van der Waals surface area contributed by atoms with Gasteiger partial charge in [0.2, 0.25) is 11.8 Å². The monoisotopic (exact) mass is 387 g/mol. The molecule has 0 spiro atoms. The van der Waals surface area contributed by atoms with E-state index < -0.39 is 23.6 Å². The predicted molar refractivity (Wildman–Crippen MR) is 84.2 cm³/mol. The molecule has 2 fully saturated rings. The lowest BCUT2D eigenvalue weighted by atomic mass is 9.85. The number of hydrogen-bond acceptors (Lipinski definition) is 5. The minimum Gasteiger partial charge on any atom is -0.367 e. The highest BCUT2D eigenvalue weighted by Crippen LogP contribution is 2.44. The van der Waals surface area contributed by atoms with Crippen LogP contribution in [0, 0.1) is 11.8 Å². The standard InChI is InChI=1S/C16H13ClF3N3O3/c17-8-5-7(16(18,19)20)6-22-13(8)21-3-4-23-14(24)11-9-1-2-10(26-9)12(11)15(23)25/h1-2,5-6,9-12H,3-4H2,(H,21,22)/t9-,10+,11-,12+. The van der Waals surface area contributed by atoms with E-state index in [0.29, 0.717) is 6.20 Å². The number of ether oxygens (including phenoxy) is 1. The Labute approximate surface area is 151 Å². The van der Waals surface area contributed by atoms with Gasteiger partial charge in [-0.1, -0.05) is 23.8 Å². The first-order chi connectivity index (χ1) is 12.3. The number of carbonyl (C=O) groups excluding carboxylic acids is 2. The Kier molecular flexibility index (Phi) is 3.96. The van der Waals surface area contributed by atoms with E-state index in [-0.39, 0.29) is 48.0 Å². The number of fused-ring (bicyclic) bond motifs is 5. The van der Waals surface area contributed by atoms with Gasteiger partial charge < -0.3 is 10.1 Å². The summed E-state index contributed by atoms with van der Waals surface area (Å²) >= 11 is 5.82. The number of rotatable bonds is 4. The SMILES string of the molecule is O=C1[C@@H]2[C@H](C(=O)N1CCNc1ncc(C(F)(F)F)cc1Cl)[C@H]1C=C[C@@H]2O1. The molecule has 6 nitrogen and oxygen atoms in total. The van der Waals surface area contributed by atoms with E-state index in [0.717, 1.165) is 11.0 Å². The molecule has 1 aromatic heterocycles. The maximum Gasteiger partial charge on any atom is 0.417 e. The molecule has 4 atom stereocenters. The van der Waals surface area contributed by atoms with Crippen LogP contribution >= 0.6 is 11.6 Å². The molecule has 10 heteroatoms. The fraction of sp³-hybridized carbons (Fsp3) is 0.438. The number of nitrogens with one attached hydrogen (secondary N) is 1. The molecule has 4 rings (SSSR count). The van der Waals surface area contributed by atoms with Crippen LogP contribution in [0.2, 0.25) is 5.02 Å². The number of amides is 2. The number of nitrogens with zero attached hydrogens (tertiary/aromatic N) is 2. The van der Waals surface area contributed by atoms with E-state index in [2.05, 4.69) is 10.3 Å². The van der Waals surface area contributed by atoms with Crippen molar-refractivity contribution >= 4 is 29.2 Å². The minimum absolute atomic E-state index is 0.0593. The summed E-state index contributed by atoms with van der Waals surface area (Å²) in [6.45, 7) is 0.196. The molecule has 26 heavy (non-hydrogen) atoms. The lowest BCUT2D eigenvalue weighted by Gasteiger charge is -2.18. The van der Waals surface area contributed by atoms with E-state index in [4.69, 9.17) is 16.3 Å². The Morgan fingerprint density at radius 1 is 1.19 bits per heavy atom. The van der Waals surface area contributed by atoms with E-state index in [9.17, 15) is 22.8 Å². The molecule has 0 radical (unpaired) electrons.